The van der Waals surface area contributed by atoms with E-state index in [0.717, 1.165) is 25.1 Å². The fourth-order valence-electron chi connectivity index (χ4n) is 1.81. The molecule has 1 atom stereocenters. The highest BCUT2D eigenvalue weighted by atomic mass is 16.1. The van der Waals surface area contributed by atoms with Crippen LogP contribution in [-0.2, 0) is 4.79 Å². The first-order valence-electron chi connectivity index (χ1n) is 6.09. The number of nitrogens with one attached hydrogen (secondary N) is 1. The average Bonchev–Trinajstić information content (AvgIpc) is 2.34. The molecule has 16 heavy (non-hydrogen) atoms. The van der Waals surface area contributed by atoms with Crippen LogP contribution in [0.4, 0.5) is 5.69 Å². The second-order valence-corrected chi connectivity index (χ2v) is 4.05. The second kappa shape index (κ2) is 7.04. The Labute approximate surface area is 98.1 Å². The molecule has 0 aliphatic carbocycles. The molecule has 1 rings (SSSR count). The Kier molecular flexibility index (Phi) is 5.62. The topological polar surface area (TPSA) is 29.1 Å². The number of para-hydroxylation sites is 1. The van der Waals surface area contributed by atoms with Gasteiger partial charge in [-0.15, -0.1) is 0 Å². The molecule has 2 heteroatoms. The van der Waals surface area contributed by atoms with Gasteiger partial charge in [0.1, 0.15) is 5.78 Å². The second-order valence-electron chi connectivity index (χ2n) is 4.05. The lowest BCUT2D eigenvalue weighted by molar-refractivity contribution is -0.122. The molecule has 0 fully saturated rings. The Morgan fingerprint density at radius 2 is 1.94 bits per heavy atom. The van der Waals surface area contributed by atoms with Gasteiger partial charge in [-0.1, -0.05) is 38.5 Å². The van der Waals surface area contributed by atoms with Crippen LogP contribution in [-0.4, -0.2) is 12.3 Å². The van der Waals surface area contributed by atoms with E-state index in [4.69, 9.17) is 0 Å². The number of rotatable bonds is 7. The van der Waals surface area contributed by atoms with Gasteiger partial charge >= 0.3 is 0 Å². The van der Waals surface area contributed by atoms with E-state index in [0.29, 0.717) is 12.2 Å². The van der Waals surface area contributed by atoms with Gasteiger partial charge in [-0.2, -0.15) is 0 Å². The normalized spacial score (nSPS) is 12.1. The fraction of sp³-hybridized carbons (Fsp3) is 0.500. The van der Waals surface area contributed by atoms with Gasteiger partial charge < -0.3 is 5.32 Å². The molecule has 0 radical (unpaired) electrons. The molecule has 0 aliphatic rings. The smallest absolute Gasteiger partial charge is 0.137 e. The first kappa shape index (κ1) is 12.8. The Hall–Kier alpha value is -1.31. The fourth-order valence-corrected chi connectivity index (χ4v) is 1.81. The third kappa shape index (κ3) is 4.05. The van der Waals surface area contributed by atoms with Crippen molar-refractivity contribution in [3.05, 3.63) is 30.3 Å². The maximum absolute atomic E-state index is 11.7. The van der Waals surface area contributed by atoms with Crippen molar-refractivity contribution in [2.24, 2.45) is 5.92 Å². The van der Waals surface area contributed by atoms with E-state index in [9.17, 15) is 4.79 Å². The number of anilines is 1. The molecular weight excluding hydrogens is 198 g/mol. The predicted molar refractivity (Wildman–Crippen MR) is 68.6 cm³/mol. The van der Waals surface area contributed by atoms with Crippen LogP contribution >= 0.6 is 0 Å². The molecule has 2 nitrogen and oxygen atoms in total. The molecule has 0 heterocycles. The lowest BCUT2D eigenvalue weighted by Gasteiger charge is -2.15. The van der Waals surface area contributed by atoms with Crippen molar-refractivity contribution in [1.29, 1.82) is 0 Å². The summed E-state index contributed by atoms with van der Waals surface area (Å²) in [7, 11) is 0. The number of ketones is 1. The zero-order valence-corrected chi connectivity index (χ0v) is 10.2. The standard InChI is InChI=1S/C14H21NO/c1-3-8-12(14(16)4-2)11-15-13-9-6-5-7-10-13/h5-7,9-10,12,15H,3-4,8,11H2,1-2H3. The molecular formula is C14H21NO. The number of hydrogen-bond donors (Lipinski definition) is 1. The van der Waals surface area contributed by atoms with Crippen LogP contribution in [0.25, 0.3) is 0 Å². The summed E-state index contributed by atoms with van der Waals surface area (Å²) >= 11 is 0. The van der Waals surface area contributed by atoms with Crippen molar-refractivity contribution < 1.29 is 4.79 Å². The van der Waals surface area contributed by atoms with E-state index in [-0.39, 0.29) is 5.92 Å². The van der Waals surface area contributed by atoms with Gasteiger partial charge in [0.2, 0.25) is 0 Å². The number of hydrogen-bond acceptors (Lipinski definition) is 2. The highest BCUT2D eigenvalue weighted by Crippen LogP contribution is 2.12. The maximum atomic E-state index is 11.7. The maximum Gasteiger partial charge on any atom is 0.137 e. The Balaban J connectivity index is 2.47. The molecule has 0 saturated heterocycles. The molecule has 0 saturated carbocycles. The van der Waals surface area contributed by atoms with Crippen LogP contribution in [0.1, 0.15) is 33.1 Å². The van der Waals surface area contributed by atoms with Crippen LogP contribution in [0.2, 0.25) is 0 Å². The SMILES string of the molecule is CCCC(CNc1ccccc1)C(=O)CC. The van der Waals surface area contributed by atoms with E-state index in [1.807, 2.05) is 37.3 Å². The predicted octanol–water partition coefficient (Wildman–Crippen LogP) is 3.49. The van der Waals surface area contributed by atoms with Crippen molar-refractivity contribution in [3.63, 3.8) is 0 Å². The zero-order chi connectivity index (χ0) is 11.8. The summed E-state index contributed by atoms with van der Waals surface area (Å²) in [6.07, 6.45) is 2.68. The van der Waals surface area contributed by atoms with Crippen molar-refractivity contribution in [3.8, 4) is 0 Å². The van der Waals surface area contributed by atoms with Crippen molar-refractivity contribution in [2.75, 3.05) is 11.9 Å². The zero-order valence-electron chi connectivity index (χ0n) is 10.2. The first-order chi connectivity index (χ1) is 7.77. The summed E-state index contributed by atoms with van der Waals surface area (Å²) in [5, 5.41) is 3.32. The van der Waals surface area contributed by atoms with Gasteiger partial charge in [0, 0.05) is 24.6 Å². The summed E-state index contributed by atoms with van der Waals surface area (Å²) in [5.74, 6) is 0.528. The molecule has 1 aromatic carbocycles. The quantitative estimate of drug-likeness (QED) is 0.760. The van der Waals surface area contributed by atoms with Crippen molar-refractivity contribution in [2.45, 2.75) is 33.1 Å². The largest absolute Gasteiger partial charge is 0.384 e. The lowest BCUT2D eigenvalue weighted by atomic mass is 9.97. The summed E-state index contributed by atoms with van der Waals surface area (Å²) in [6, 6.07) is 10.0. The third-order valence-corrected chi connectivity index (χ3v) is 2.77. The molecule has 0 aromatic heterocycles. The van der Waals surface area contributed by atoms with Gasteiger partial charge in [0.05, 0.1) is 0 Å². The van der Waals surface area contributed by atoms with Crippen LogP contribution in [0.3, 0.4) is 0 Å². The minimum Gasteiger partial charge on any atom is -0.384 e. The number of benzene rings is 1. The van der Waals surface area contributed by atoms with Gasteiger partial charge in [0.15, 0.2) is 0 Å². The molecule has 1 N–H and O–H groups in total. The van der Waals surface area contributed by atoms with Gasteiger partial charge in [-0.05, 0) is 18.6 Å². The molecule has 0 spiro atoms. The van der Waals surface area contributed by atoms with Crippen LogP contribution in [0, 0.1) is 5.92 Å². The third-order valence-electron chi connectivity index (χ3n) is 2.77. The monoisotopic (exact) mass is 219 g/mol. The molecule has 88 valence electrons. The number of carbonyl (C=O) groups is 1. The van der Waals surface area contributed by atoms with Gasteiger partial charge in [0.25, 0.3) is 0 Å². The first-order valence-corrected chi connectivity index (χ1v) is 6.09. The van der Waals surface area contributed by atoms with E-state index < -0.39 is 0 Å². The van der Waals surface area contributed by atoms with Crippen LogP contribution < -0.4 is 5.32 Å². The molecule has 0 bridgehead atoms. The lowest BCUT2D eigenvalue weighted by Crippen LogP contribution is -2.22. The molecule has 1 aromatic rings. The van der Waals surface area contributed by atoms with Gasteiger partial charge in [-0.3, -0.25) is 4.79 Å². The summed E-state index contributed by atoms with van der Waals surface area (Å²) in [5.41, 5.74) is 1.09. The summed E-state index contributed by atoms with van der Waals surface area (Å²) < 4.78 is 0. The van der Waals surface area contributed by atoms with E-state index >= 15 is 0 Å². The van der Waals surface area contributed by atoms with E-state index in [1.165, 1.54) is 0 Å². The number of Topliss-reactive ketones (excluding diaryl/α,β-unsaturated/α-hetero) is 1. The average molecular weight is 219 g/mol. The summed E-state index contributed by atoms with van der Waals surface area (Å²) in [6.45, 7) is 4.82. The highest BCUT2D eigenvalue weighted by Gasteiger charge is 2.14. The Morgan fingerprint density at radius 1 is 1.25 bits per heavy atom. The Bertz CT molecular complexity index is 308. The molecule has 0 aliphatic heterocycles. The minimum atomic E-state index is 0.162. The Morgan fingerprint density at radius 3 is 2.50 bits per heavy atom. The minimum absolute atomic E-state index is 0.162. The van der Waals surface area contributed by atoms with Crippen LogP contribution in [0.5, 0.6) is 0 Å². The van der Waals surface area contributed by atoms with E-state index in [2.05, 4.69) is 12.2 Å². The summed E-state index contributed by atoms with van der Waals surface area (Å²) in [4.78, 5) is 11.7. The molecule has 0 amide bonds. The van der Waals surface area contributed by atoms with E-state index in [1.54, 1.807) is 0 Å². The number of carbonyl (C=O) groups excluding carboxylic acids is 1. The van der Waals surface area contributed by atoms with Gasteiger partial charge in [-0.25, -0.2) is 0 Å². The van der Waals surface area contributed by atoms with Crippen molar-refractivity contribution >= 4 is 11.5 Å². The van der Waals surface area contributed by atoms with Crippen molar-refractivity contribution in [1.82, 2.24) is 0 Å². The van der Waals surface area contributed by atoms with Crippen LogP contribution in [0.15, 0.2) is 30.3 Å². The highest BCUT2D eigenvalue weighted by molar-refractivity contribution is 5.81. The molecule has 1 unspecified atom stereocenters.